The Kier molecular flexibility index (Phi) is 11.1. The topological polar surface area (TPSA) is 52.4 Å². The Morgan fingerprint density at radius 1 is 1.83 bits per heavy atom. The van der Waals surface area contributed by atoms with E-state index in [9.17, 15) is 0 Å². The second kappa shape index (κ2) is 6.39. The van der Waals surface area contributed by atoms with Gasteiger partial charge in [-0.25, -0.2) is 0 Å². The van der Waals surface area contributed by atoms with Crippen molar-refractivity contribution in [2.45, 2.75) is 0 Å². The van der Waals surface area contributed by atoms with Crippen molar-refractivity contribution in [3.05, 3.63) is 10.1 Å². The molecule has 0 aliphatic heterocycles. The first kappa shape index (κ1) is 10.4. The summed E-state index contributed by atoms with van der Waals surface area (Å²) < 4.78 is 3.60. The second-order valence-corrected chi connectivity index (χ2v) is 0.931. The molecule has 0 N–H and O–H groups in total. The number of hydrogen-bond acceptors (Lipinski definition) is 3. The molecule has 0 aromatic heterocycles. The Balaban J connectivity index is 0. The summed E-state index contributed by atoms with van der Waals surface area (Å²) in [5, 5.41) is 8.17. The van der Waals surface area contributed by atoms with Crippen molar-refractivity contribution >= 4 is 23.4 Å². The summed E-state index contributed by atoms with van der Waals surface area (Å²) in [6, 6.07) is 0. The van der Waals surface area contributed by atoms with Crippen LogP contribution >= 0.6 is 0 Å². The first-order chi connectivity index (χ1) is 2.27. The van der Waals surface area contributed by atoms with Crippen LogP contribution in [0.15, 0.2) is 0 Å². The van der Waals surface area contributed by atoms with E-state index in [2.05, 4.69) is 3.12 Å². The molecule has 0 fully saturated rings. The Hall–Kier alpha value is 1.39. The van der Waals surface area contributed by atoms with Crippen molar-refractivity contribution in [3.63, 3.8) is 0 Å². The van der Waals surface area contributed by atoms with Crippen molar-refractivity contribution in [3.8, 4) is 0 Å². The van der Waals surface area contributed by atoms with Crippen molar-refractivity contribution in [1.29, 1.82) is 0 Å². The quantitative estimate of drug-likeness (QED) is 0.344. The van der Waals surface area contributed by atoms with E-state index in [0.717, 1.165) is 0 Å². The molecule has 0 bridgehead atoms. The summed E-state index contributed by atoms with van der Waals surface area (Å²) in [6.07, 6.45) is 0. The monoisotopic (exact) mass is 325 g/mol. The molecule has 0 heterocycles. The average molecular weight is 326 g/mol. The fourth-order valence-corrected chi connectivity index (χ4v) is 0. The van der Waals surface area contributed by atoms with Crippen LogP contribution in [0.25, 0.3) is 0 Å². The maximum atomic E-state index is 8.98. The van der Waals surface area contributed by atoms with Gasteiger partial charge in [0.1, 0.15) is 0 Å². The molecule has 0 amide bonds. The van der Waals surface area contributed by atoms with E-state index in [1.165, 1.54) is 0 Å². The first-order valence-electron chi connectivity index (χ1n) is 0.783. The fourth-order valence-electron chi connectivity index (χ4n) is 0. The molecule has 0 saturated carbocycles. The van der Waals surface area contributed by atoms with Crippen molar-refractivity contribution in [2.75, 3.05) is 0 Å². The minimum Gasteiger partial charge on any atom is 0 e. The number of nitrogens with zero attached hydrogens (tertiary/aromatic N) is 1. The van der Waals surface area contributed by atoms with Gasteiger partial charge in [-0.1, -0.05) is 0 Å². The smallest absolute Gasteiger partial charge is 0 e. The van der Waals surface area contributed by atoms with Gasteiger partial charge in [0.2, 0.25) is 0 Å². The van der Waals surface area contributed by atoms with E-state index >= 15 is 0 Å². The Labute approximate surface area is 82.2 Å². The Morgan fingerprint density at radius 3 is 2.00 bits per heavy atom. The Bertz CT molecular complexity index is 46.1. The first-order valence-corrected chi connectivity index (χ1v) is 2.13. The van der Waals surface area contributed by atoms with Crippen LogP contribution in [0, 0.1) is 51.9 Å². The molecule has 0 aromatic carbocycles. The number of hydrogen-bond donors (Lipinski definition) is 0. The van der Waals surface area contributed by atoms with E-state index < -0.39 is 5.09 Å². The van der Waals surface area contributed by atoms with Gasteiger partial charge in [-0.15, -0.1) is 0 Å². The summed E-state index contributed by atoms with van der Waals surface area (Å²) in [5.74, 6) is 0. The van der Waals surface area contributed by atoms with Crippen LogP contribution in [0.1, 0.15) is 0 Å². The zero-order valence-electron chi connectivity index (χ0n) is 2.75. The molecular weight excluding hydrogens is 324 g/mol. The van der Waals surface area contributed by atoms with Gasteiger partial charge >= 0.3 is 41.8 Å². The summed E-state index contributed by atoms with van der Waals surface area (Å²) in [7, 11) is 0. The van der Waals surface area contributed by atoms with Gasteiger partial charge in [-0.3, -0.25) is 0 Å². The van der Waals surface area contributed by atoms with E-state index in [-0.39, 0.29) is 65.2 Å². The minimum absolute atomic E-state index is 0. The summed E-state index contributed by atoms with van der Waals surface area (Å²) in [5.41, 5.74) is 0. The average Bonchev–Trinajstić information content (AvgIpc) is 1.38. The summed E-state index contributed by atoms with van der Waals surface area (Å²) in [6.45, 7) is 0. The molecule has 0 aliphatic carbocycles. The molecular formula is H2CeNO3Sb. The van der Waals surface area contributed by atoms with E-state index in [1.54, 1.807) is 0 Å². The minimum atomic E-state index is -0.817. The molecule has 0 unspecified atom stereocenters. The van der Waals surface area contributed by atoms with Gasteiger partial charge in [-0.05, 0) is 0 Å². The van der Waals surface area contributed by atoms with E-state index in [4.69, 9.17) is 10.1 Å². The van der Waals surface area contributed by atoms with Gasteiger partial charge < -0.3 is 0 Å². The molecule has 0 rings (SSSR count). The maximum Gasteiger partial charge on any atom is 0 e. The second-order valence-electron chi connectivity index (χ2n) is 0.329. The standard InChI is InChI=1S/Ce.NO3.Sb.2H/c;2-1(3)4;;;/q;-1;+1;;. The van der Waals surface area contributed by atoms with E-state index in [1.807, 2.05) is 0 Å². The molecule has 0 saturated heterocycles. The predicted octanol–water partition coefficient (Wildman–Crippen LogP) is -1.26. The van der Waals surface area contributed by atoms with Gasteiger partial charge in [0.25, 0.3) is 0 Å². The van der Waals surface area contributed by atoms with Gasteiger partial charge in [-0.2, -0.15) is 0 Å². The molecule has 6 heteroatoms. The van der Waals surface area contributed by atoms with E-state index in [0.29, 0.717) is 0 Å². The maximum absolute atomic E-state index is 8.98. The van der Waals surface area contributed by atoms with Gasteiger partial charge in [0, 0.05) is 41.7 Å². The van der Waals surface area contributed by atoms with Gasteiger partial charge in [0.05, 0.1) is 0 Å². The summed E-state index contributed by atoms with van der Waals surface area (Å²) in [4.78, 5) is 8.98. The predicted molar refractivity (Wildman–Crippen MR) is 16.6 cm³/mol. The third-order valence-corrected chi connectivity index (χ3v) is 0.577. The third-order valence-electron chi connectivity index (χ3n) is 0.0861. The SMILES string of the molecule is O=[N+]([O-])[O][SbH2].[Ce]. The largest absolute Gasteiger partial charge is 0 e. The van der Waals surface area contributed by atoms with Crippen LogP contribution in [0.3, 0.4) is 0 Å². The van der Waals surface area contributed by atoms with Crippen molar-refractivity contribution in [2.24, 2.45) is 0 Å². The van der Waals surface area contributed by atoms with Crippen LogP contribution in [-0.2, 0) is 3.12 Å². The molecule has 0 aliphatic rings. The van der Waals surface area contributed by atoms with Crippen LogP contribution < -0.4 is 0 Å². The zero-order chi connectivity index (χ0) is 4.28. The summed E-state index contributed by atoms with van der Waals surface area (Å²) >= 11 is 0.227. The molecule has 0 atom stereocenters. The van der Waals surface area contributed by atoms with Crippen LogP contribution in [0.4, 0.5) is 0 Å². The third kappa shape index (κ3) is 9.04. The molecule has 0 radical (unpaired) electrons. The zero-order valence-corrected chi connectivity index (χ0v) is 9.18. The van der Waals surface area contributed by atoms with Crippen molar-refractivity contribution in [1.82, 2.24) is 0 Å². The van der Waals surface area contributed by atoms with Crippen LogP contribution in [0.2, 0.25) is 0 Å². The van der Waals surface area contributed by atoms with Crippen molar-refractivity contribution < 1.29 is 49.9 Å². The normalized spacial score (nSPS) is 5.50. The Morgan fingerprint density at radius 2 is 2.00 bits per heavy atom. The molecule has 6 heavy (non-hydrogen) atoms. The fraction of sp³-hybridized carbons (Fsp3) is 0. The number of rotatable bonds is 1. The van der Waals surface area contributed by atoms with Crippen LogP contribution in [0.5, 0.6) is 0 Å². The van der Waals surface area contributed by atoms with Gasteiger partial charge in [0.15, 0.2) is 0 Å². The molecule has 34 valence electrons. The molecule has 4 nitrogen and oxygen atoms in total. The molecule has 0 spiro atoms. The van der Waals surface area contributed by atoms with Crippen LogP contribution in [-0.4, -0.2) is 28.5 Å². The molecule has 0 aromatic rings.